The third kappa shape index (κ3) is 3.22. The Hall–Kier alpha value is 0.0839. The van der Waals surface area contributed by atoms with Crippen LogP contribution >= 0.6 is 0 Å². The molecule has 1 radical (unpaired) electrons. The number of epoxide rings is 1. The first-order chi connectivity index (χ1) is 5.45. The topological polar surface area (TPSA) is 21.8 Å². The Morgan fingerprint density at radius 2 is 2.17 bits per heavy atom. The molecule has 1 saturated heterocycles. The predicted molar refractivity (Wildman–Crippen MR) is 40.5 cm³/mol. The second kappa shape index (κ2) is 4.95. The van der Waals surface area contributed by atoms with Crippen LogP contribution in [0.5, 0.6) is 5.75 Å². The predicted octanol–water partition coefficient (Wildman–Crippen LogP) is 1.26. The van der Waals surface area contributed by atoms with Crippen molar-refractivity contribution in [3.8, 4) is 5.75 Å². The molecule has 0 aromatic heterocycles. The summed E-state index contributed by atoms with van der Waals surface area (Å²) < 4.78 is 10.4. The quantitative estimate of drug-likeness (QED) is 0.584. The van der Waals surface area contributed by atoms with E-state index < -0.39 is 0 Å². The molecule has 0 aliphatic carbocycles. The van der Waals surface area contributed by atoms with Crippen molar-refractivity contribution in [3.05, 3.63) is 30.3 Å². The van der Waals surface area contributed by atoms with Crippen LogP contribution in [0.4, 0.5) is 0 Å². The van der Waals surface area contributed by atoms with E-state index in [1.165, 1.54) is 0 Å². The average molecular weight is 238 g/mol. The van der Waals surface area contributed by atoms with Gasteiger partial charge in [0, 0.05) is 38.5 Å². The molecule has 1 heterocycles. The Kier molecular flexibility index (Phi) is 4.20. The molecule has 0 amide bonds. The van der Waals surface area contributed by atoms with Gasteiger partial charge in [-0.05, 0) is 0 Å². The van der Waals surface area contributed by atoms with Crippen LogP contribution in [-0.2, 0) is 37.4 Å². The van der Waals surface area contributed by atoms with Gasteiger partial charge in [0.1, 0.15) is 12.7 Å². The Morgan fingerprint density at radius 3 is 2.75 bits per heavy atom. The van der Waals surface area contributed by atoms with Crippen LogP contribution in [0.25, 0.3) is 0 Å². The zero-order valence-electron chi connectivity index (χ0n) is 6.69. The molecule has 12 heavy (non-hydrogen) atoms. The van der Waals surface area contributed by atoms with Crippen LogP contribution in [-0.4, -0.2) is 19.3 Å². The van der Waals surface area contributed by atoms with Gasteiger partial charge < -0.3 is 9.47 Å². The standard InChI is InChI=1S/C9H9O2.Y/c1-2-4-8(5-3-1)10-6-9-7-11-9;/h2-5,9H,6-7H2;/q-1;. The van der Waals surface area contributed by atoms with Crippen molar-refractivity contribution in [1.82, 2.24) is 0 Å². The van der Waals surface area contributed by atoms with Crippen molar-refractivity contribution in [2.45, 2.75) is 6.10 Å². The van der Waals surface area contributed by atoms with Gasteiger partial charge >= 0.3 is 0 Å². The number of benzene rings is 1. The molecule has 0 N–H and O–H groups in total. The minimum absolute atomic E-state index is 0. The van der Waals surface area contributed by atoms with Gasteiger partial charge in [-0.1, -0.05) is 0 Å². The Bertz CT molecular complexity index is 221. The molecular weight excluding hydrogens is 229 g/mol. The Labute approximate surface area is 97.1 Å². The van der Waals surface area contributed by atoms with Crippen molar-refractivity contribution in [1.29, 1.82) is 0 Å². The summed E-state index contributed by atoms with van der Waals surface area (Å²) in [6.45, 7) is 1.52. The molecule has 2 rings (SSSR count). The van der Waals surface area contributed by atoms with Crippen LogP contribution in [0, 0.1) is 6.07 Å². The van der Waals surface area contributed by atoms with E-state index in [1.807, 2.05) is 24.3 Å². The van der Waals surface area contributed by atoms with Gasteiger partial charge in [-0.15, -0.1) is 12.1 Å². The van der Waals surface area contributed by atoms with Gasteiger partial charge in [0.25, 0.3) is 0 Å². The smallest absolute Gasteiger partial charge is 0.115 e. The molecule has 61 valence electrons. The van der Waals surface area contributed by atoms with E-state index in [-0.39, 0.29) is 32.7 Å². The van der Waals surface area contributed by atoms with Crippen LogP contribution in [0.3, 0.4) is 0 Å². The molecule has 1 aromatic rings. The molecular formula is C9H9O2Y-. The number of hydrogen-bond donors (Lipinski definition) is 0. The molecule has 1 atom stereocenters. The maximum absolute atomic E-state index is 5.38. The molecule has 2 nitrogen and oxygen atoms in total. The molecule has 0 spiro atoms. The average Bonchev–Trinajstić information content (AvgIpc) is 2.86. The largest absolute Gasteiger partial charge is 0.516 e. The maximum atomic E-state index is 5.38. The molecule has 1 unspecified atom stereocenters. The molecule has 3 heteroatoms. The summed E-state index contributed by atoms with van der Waals surface area (Å²) in [7, 11) is 0. The van der Waals surface area contributed by atoms with Gasteiger partial charge in [0.05, 0.1) is 6.61 Å². The van der Waals surface area contributed by atoms with Crippen LogP contribution in [0.2, 0.25) is 0 Å². The summed E-state index contributed by atoms with van der Waals surface area (Å²) in [6, 6.07) is 10.4. The Balaban J connectivity index is 0.000000720. The zero-order valence-corrected chi connectivity index (χ0v) is 9.53. The van der Waals surface area contributed by atoms with E-state index in [9.17, 15) is 0 Å². The summed E-state index contributed by atoms with van der Waals surface area (Å²) in [5.74, 6) is 0.888. The van der Waals surface area contributed by atoms with Crippen LogP contribution in [0.1, 0.15) is 0 Å². The first kappa shape index (κ1) is 10.2. The summed E-state index contributed by atoms with van der Waals surface area (Å²) >= 11 is 0. The number of ether oxygens (including phenoxy) is 2. The van der Waals surface area contributed by atoms with E-state index in [0.717, 1.165) is 12.4 Å². The van der Waals surface area contributed by atoms with E-state index in [2.05, 4.69) is 6.07 Å². The molecule has 0 saturated carbocycles. The fraction of sp³-hybridized carbons (Fsp3) is 0.333. The fourth-order valence-electron chi connectivity index (χ4n) is 0.821. The summed E-state index contributed by atoms with van der Waals surface area (Å²) in [6.07, 6.45) is 0.333. The van der Waals surface area contributed by atoms with Crippen molar-refractivity contribution in [2.75, 3.05) is 13.2 Å². The summed E-state index contributed by atoms with van der Waals surface area (Å²) in [4.78, 5) is 0. The minimum Gasteiger partial charge on any atom is -0.516 e. The van der Waals surface area contributed by atoms with E-state index in [1.54, 1.807) is 0 Å². The van der Waals surface area contributed by atoms with E-state index in [4.69, 9.17) is 9.47 Å². The molecule has 0 bridgehead atoms. The normalized spacial score (nSPS) is 19.5. The third-order valence-electron chi connectivity index (χ3n) is 1.53. The van der Waals surface area contributed by atoms with Crippen molar-refractivity contribution < 1.29 is 42.2 Å². The third-order valence-corrected chi connectivity index (χ3v) is 1.53. The second-order valence-corrected chi connectivity index (χ2v) is 2.50. The minimum atomic E-state index is 0. The molecule has 1 fully saturated rings. The fourth-order valence-corrected chi connectivity index (χ4v) is 0.821. The van der Waals surface area contributed by atoms with E-state index >= 15 is 0 Å². The second-order valence-electron chi connectivity index (χ2n) is 2.50. The summed E-state index contributed by atoms with van der Waals surface area (Å²) in [5, 5.41) is 0. The SMILES string of the molecule is [Y].[c-]1ccc(OCC2CO2)cc1. The molecule has 1 aromatic carbocycles. The number of rotatable bonds is 3. The monoisotopic (exact) mass is 238 g/mol. The molecule has 1 aliphatic heterocycles. The van der Waals surface area contributed by atoms with Gasteiger partial charge in [0.2, 0.25) is 0 Å². The van der Waals surface area contributed by atoms with Gasteiger partial charge in [-0.3, -0.25) is 0 Å². The van der Waals surface area contributed by atoms with Crippen LogP contribution in [0.15, 0.2) is 24.3 Å². The first-order valence-electron chi connectivity index (χ1n) is 3.66. The van der Waals surface area contributed by atoms with Gasteiger partial charge in [-0.25, -0.2) is 0 Å². The number of hydrogen-bond acceptors (Lipinski definition) is 2. The Morgan fingerprint density at radius 1 is 1.50 bits per heavy atom. The summed E-state index contributed by atoms with van der Waals surface area (Å²) in [5.41, 5.74) is 0. The van der Waals surface area contributed by atoms with Crippen LogP contribution < -0.4 is 4.74 Å². The van der Waals surface area contributed by atoms with E-state index in [0.29, 0.717) is 12.7 Å². The van der Waals surface area contributed by atoms with Crippen molar-refractivity contribution >= 4 is 0 Å². The maximum Gasteiger partial charge on any atom is 0.115 e. The first-order valence-corrected chi connectivity index (χ1v) is 3.66. The molecule has 1 aliphatic rings. The van der Waals surface area contributed by atoms with Gasteiger partial charge in [0.15, 0.2) is 0 Å². The zero-order chi connectivity index (χ0) is 7.52. The van der Waals surface area contributed by atoms with Crippen molar-refractivity contribution in [3.63, 3.8) is 0 Å². The van der Waals surface area contributed by atoms with Crippen molar-refractivity contribution in [2.24, 2.45) is 0 Å². The van der Waals surface area contributed by atoms with Gasteiger partial charge in [-0.2, -0.15) is 18.2 Å².